The molecule has 8 heteroatoms. The largest absolute Gasteiger partial charge is 0.477 e. The number of unbranched alkanes of at least 4 members (excludes halogenated alkanes) is 17. The molecule has 0 aliphatic rings. The molecule has 0 amide bonds. The Kier molecular flexibility index (Phi) is 33.9. The Hall–Kier alpha value is -2.45. The van der Waals surface area contributed by atoms with Crippen LogP contribution in [0, 0.1) is 0 Å². The van der Waals surface area contributed by atoms with Crippen molar-refractivity contribution >= 4 is 17.9 Å². The maximum atomic E-state index is 12.7. The number of aliphatic carboxylic acids is 1. The van der Waals surface area contributed by atoms with Gasteiger partial charge in [-0.1, -0.05) is 147 Å². The van der Waals surface area contributed by atoms with Gasteiger partial charge in [0.1, 0.15) is 6.61 Å². The number of nitrogens with zero attached hydrogens (tertiary/aromatic N) is 1. The minimum absolute atomic E-state index is 0.0511. The van der Waals surface area contributed by atoms with E-state index in [0.717, 1.165) is 64.2 Å². The summed E-state index contributed by atoms with van der Waals surface area (Å²) in [5, 5.41) is 9.59. The van der Waals surface area contributed by atoms with Crippen LogP contribution in [0.5, 0.6) is 0 Å². The minimum atomic E-state index is -0.876. The van der Waals surface area contributed by atoms with E-state index in [2.05, 4.69) is 50.3 Å². The maximum absolute atomic E-state index is 12.7. The second-order valence-electron chi connectivity index (χ2n) is 15.2. The molecule has 0 aromatic carbocycles. The Morgan fingerprint density at radius 3 is 1.60 bits per heavy atom. The zero-order valence-corrected chi connectivity index (χ0v) is 34.3. The highest BCUT2D eigenvalue weighted by Gasteiger charge is 2.31. The lowest BCUT2D eigenvalue weighted by Crippen LogP contribution is -2.50. The van der Waals surface area contributed by atoms with Gasteiger partial charge in [0.2, 0.25) is 0 Å². The third-order valence-corrected chi connectivity index (χ3v) is 9.30. The number of allylic oxidation sites excluding steroid dienone is 6. The second kappa shape index (κ2) is 35.6. The van der Waals surface area contributed by atoms with Gasteiger partial charge < -0.3 is 23.8 Å². The van der Waals surface area contributed by atoms with Gasteiger partial charge >= 0.3 is 17.9 Å². The van der Waals surface area contributed by atoms with E-state index in [1.165, 1.54) is 77.0 Å². The second-order valence-corrected chi connectivity index (χ2v) is 15.2. The molecule has 0 bridgehead atoms. The number of carboxylic acid groups (broad SMARTS) is 1. The van der Waals surface area contributed by atoms with Gasteiger partial charge in [0, 0.05) is 19.3 Å². The number of hydrogen-bond acceptors (Lipinski definition) is 6. The van der Waals surface area contributed by atoms with Gasteiger partial charge in [-0.3, -0.25) is 9.59 Å². The van der Waals surface area contributed by atoms with Crippen molar-refractivity contribution in [2.24, 2.45) is 0 Å². The van der Waals surface area contributed by atoms with Gasteiger partial charge in [-0.2, -0.15) is 0 Å². The van der Waals surface area contributed by atoms with Crippen LogP contribution in [0.4, 0.5) is 0 Å². The Bertz CT molecular complexity index is 953. The zero-order chi connectivity index (χ0) is 38.5. The number of quaternary nitrogens is 1. The Balaban J connectivity index is 4.30. The van der Waals surface area contributed by atoms with Crippen LogP contribution in [-0.4, -0.2) is 80.6 Å². The molecule has 2 atom stereocenters. The van der Waals surface area contributed by atoms with E-state index in [1.54, 1.807) is 0 Å². The molecule has 0 radical (unpaired) electrons. The van der Waals surface area contributed by atoms with Crippen LogP contribution in [0.2, 0.25) is 0 Å². The SMILES string of the molecule is CC/C=C/C/C=C/C/C=C/CCCCCCCCCCCC(=O)OC(COCCC(C(=O)O)[N+](C)(C)C)COC(=O)CCCCCCCCCCC. The van der Waals surface area contributed by atoms with E-state index in [0.29, 0.717) is 19.3 Å². The summed E-state index contributed by atoms with van der Waals surface area (Å²) >= 11 is 0. The van der Waals surface area contributed by atoms with Gasteiger partial charge in [-0.25, -0.2) is 4.79 Å². The van der Waals surface area contributed by atoms with E-state index in [4.69, 9.17) is 14.2 Å². The average Bonchev–Trinajstić information content (AvgIpc) is 3.09. The standard InChI is InChI=1S/C44H79NO7/c1-6-8-10-12-14-16-17-18-19-20-21-22-23-24-25-27-29-31-33-35-43(47)52-40(38-50-37-36-41(44(48)49)45(3,4)5)39-51-42(46)34-32-30-28-26-15-13-11-9-7-2/h8,10,14,16,18-19,40-41H,6-7,9,11-13,15,17,20-39H2,1-5H3/p+1/b10-8+,16-14+,19-18+. The number of carboxylic acids is 1. The lowest BCUT2D eigenvalue weighted by atomic mass is 10.1. The molecule has 0 saturated heterocycles. The van der Waals surface area contributed by atoms with Crippen LogP contribution in [-0.2, 0) is 28.6 Å². The summed E-state index contributed by atoms with van der Waals surface area (Å²) in [7, 11) is 5.52. The van der Waals surface area contributed by atoms with Crippen LogP contribution in [0.15, 0.2) is 36.5 Å². The molecule has 0 heterocycles. The lowest BCUT2D eigenvalue weighted by Gasteiger charge is -2.31. The minimum Gasteiger partial charge on any atom is -0.477 e. The van der Waals surface area contributed by atoms with Crippen molar-refractivity contribution < 1.29 is 38.2 Å². The molecule has 8 nitrogen and oxygen atoms in total. The van der Waals surface area contributed by atoms with Crippen molar-refractivity contribution in [1.82, 2.24) is 0 Å². The zero-order valence-electron chi connectivity index (χ0n) is 34.3. The molecule has 0 rings (SSSR count). The molecule has 0 fully saturated rings. The number of esters is 2. The van der Waals surface area contributed by atoms with E-state index in [1.807, 2.05) is 21.1 Å². The van der Waals surface area contributed by atoms with Gasteiger partial charge in [-0.05, 0) is 44.9 Å². The summed E-state index contributed by atoms with van der Waals surface area (Å²) in [4.78, 5) is 36.8. The molecule has 0 spiro atoms. The summed E-state index contributed by atoms with van der Waals surface area (Å²) < 4.78 is 17.2. The van der Waals surface area contributed by atoms with Crippen molar-refractivity contribution in [3.63, 3.8) is 0 Å². The number of ether oxygens (including phenoxy) is 3. The fourth-order valence-electron chi connectivity index (χ4n) is 6.05. The Morgan fingerprint density at radius 2 is 1.08 bits per heavy atom. The smallest absolute Gasteiger partial charge is 0.362 e. The average molecular weight is 735 g/mol. The van der Waals surface area contributed by atoms with Gasteiger partial charge in [0.15, 0.2) is 12.1 Å². The predicted molar refractivity (Wildman–Crippen MR) is 215 cm³/mol. The summed E-state index contributed by atoms with van der Waals surface area (Å²) in [5.41, 5.74) is 0. The molecular weight excluding hydrogens is 654 g/mol. The van der Waals surface area contributed by atoms with Gasteiger partial charge in [0.25, 0.3) is 0 Å². The molecule has 0 aromatic rings. The van der Waals surface area contributed by atoms with Crippen LogP contribution in [0.1, 0.15) is 174 Å². The fourth-order valence-corrected chi connectivity index (χ4v) is 6.05. The molecule has 302 valence electrons. The first kappa shape index (κ1) is 49.6. The maximum Gasteiger partial charge on any atom is 0.362 e. The van der Waals surface area contributed by atoms with E-state index in [-0.39, 0.29) is 36.2 Å². The first-order valence-corrected chi connectivity index (χ1v) is 21.0. The highest BCUT2D eigenvalue weighted by Crippen LogP contribution is 2.14. The van der Waals surface area contributed by atoms with Crippen molar-refractivity contribution in [3.05, 3.63) is 36.5 Å². The van der Waals surface area contributed by atoms with Gasteiger partial charge in [-0.15, -0.1) is 0 Å². The van der Waals surface area contributed by atoms with Crippen molar-refractivity contribution in [2.45, 2.75) is 187 Å². The van der Waals surface area contributed by atoms with Crippen LogP contribution in [0.25, 0.3) is 0 Å². The highest BCUT2D eigenvalue weighted by atomic mass is 16.6. The molecule has 0 saturated carbocycles. The predicted octanol–water partition coefficient (Wildman–Crippen LogP) is 11.1. The Morgan fingerprint density at radius 1 is 0.596 bits per heavy atom. The highest BCUT2D eigenvalue weighted by molar-refractivity contribution is 5.72. The fraction of sp³-hybridized carbons (Fsp3) is 0.795. The van der Waals surface area contributed by atoms with E-state index in [9.17, 15) is 19.5 Å². The number of likely N-dealkylation sites (N-methyl/N-ethyl adjacent to an activating group) is 1. The van der Waals surface area contributed by atoms with Crippen molar-refractivity contribution in [3.8, 4) is 0 Å². The number of carbonyl (C=O) groups is 3. The molecule has 0 aliphatic heterocycles. The quantitative estimate of drug-likeness (QED) is 0.0293. The lowest BCUT2D eigenvalue weighted by molar-refractivity contribution is -0.887. The number of rotatable bonds is 37. The molecule has 52 heavy (non-hydrogen) atoms. The third-order valence-electron chi connectivity index (χ3n) is 9.30. The van der Waals surface area contributed by atoms with E-state index < -0.39 is 18.1 Å². The first-order chi connectivity index (χ1) is 25.1. The molecule has 2 unspecified atom stereocenters. The normalized spacial score (nSPS) is 13.3. The topological polar surface area (TPSA) is 99.1 Å². The summed E-state index contributed by atoms with van der Waals surface area (Å²) in [6, 6.07) is -0.613. The molecule has 0 aromatic heterocycles. The summed E-state index contributed by atoms with van der Waals surface area (Å²) in [5.74, 6) is -1.47. The Labute approximate surface area is 319 Å². The molecule has 0 aliphatic carbocycles. The van der Waals surface area contributed by atoms with Crippen molar-refractivity contribution in [2.75, 3.05) is 41.0 Å². The monoisotopic (exact) mass is 735 g/mol. The van der Waals surface area contributed by atoms with Crippen LogP contribution < -0.4 is 0 Å². The van der Waals surface area contributed by atoms with Crippen LogP contribution >= 0.6 is 0 Å². The molecule has 1 N–H and O–H groups in total. The third kappa shape index (κ3) is 33.4. The van der Waals surface area contributed by atoms with Gasteiger partial charge in [0.05, 0.1) is 34.4 Å². The van der Waals surface area contributed by atoms with Crippen LogP contribution in [0.3, 0.4) is 0 Å². The summed E-state index contributed by atoms with van der Waals surface area (Å²) in [6.07, 6.45) is 39.0. The summed E-state index contributed by atoms with van der Waals surface area (Å²) in [6.45, 7) is 4.60. The van der Waals surface area contributed by atoms with Crippen molar-refractivity contribution in [1.29, 1.82) is 0 Å². The van der Waals surface area contributed by atoms with E-state index >= 15 is 0 Å². The first-order valence-electron chi connectivity index (χ1n) is 21.0. The molecular formula is C44H80NO7+. The number of carbonyl (C=O) groups excluding carboxylic acids is 2. The number of hydrogen-bond donors (Lipinski definition) is 1.